The highest BCUT2D eigenvalue weighted by molar-refractivity contribution is 9.10. The second-order valence-electron chi connectivity index (χ2n) is 3.24. The SMILES string of the molecule is CC(C)OCCNc1cncc(Br)c1. The first kappa shape index (κ1) is 11.5. The summed E-state index contributed by atoms with van der Waals surface area (Å²) in [7, 11) is 0. The Labute approximate surface area is 93.0 Å². The summed E-state index contributed by atoms with van der Waals surface area (Å²) in [5, 5.41) is 3.22. The van der Waals surface area contributed by atoms with Crippen LogP contribution in [-0.4, -0.2) is 24.2 Å². The third kappa shape index (κ3) is 4.58. The fraction of sp³-hybridized carbons (Fsp3) is 0.500. The average Bonchev–Trinajstić information content (AvgIpc) is 2.12. The monoisotopic (exact) mass is 258 g/mol. The number of hydrogen-bond acceptors (Lipinski definition) is 3. The van der Waals surface area contributed by atoms with Crippen LogP contribution in [0.15, 0.2) is 22.9 Å². The summed E-state index contributed by atoms with van der Waals surface area (Å²) in [6.07, 6.45) is 3.84. The first-order chi connectivity index (χ1) is 6.68. The lowest BCUT2D eigenvalue weighted by atomic mass is 10.4. The molecular formula is C10H15BrN2O. The topological polar surface area (TPSA) is 34.1 Å². The van der Waals surface area contributed by atoms with Crippen molar-refractivity contribution in [1.82, 2.24) is 4.98 Å². The van der Waals surface area contributed by atoms with Gasteiger partial charge in [0.15, 0.2) is 0 Å². The highest BCUT2D eigenvalue weighted by Gasteiger charge is 1.95. The van der Waals surface area contributed by atoms with Crippen molar-refractivity contribution in [2.24, 2.45) is 0 Å². The molecule has 0 spiro atoms. The van der Waals surface area contributed by atoms with Gasteiger partial charge in [-0.2, -0.15) is 0 Å². The Morgan fingerprint density at radius 1 is 1.50 bits per heavy atom. The van der Waals surface area contributed by atoms with Gasteiger partial charge in [-0.3, -0.25) is 4.98 Å². The summed E-state index contributed by atoms with van der Waals surface area (Å²) in [6.45, 7) is 5.57. The molecule has 1 aromatic rings. The molecule has 1 heterocycles. The molecule has 78 valence electrons. The first-order valence-electron chi connectivity index (χ1n) is 4.64. The number of pyridine rings is 1. The Morgan fingerprint density at radius 3 is 2.93 bits per heavy atom. The van der Waals surface area contributed by atoms with Gasteiger partial charge in [0.05, 0.1) is 24.6 Å². The molecule has 0 bridgehead atoms. The van der Waals surface area contributed by atoms with E-state index in [0.717, 1.165) is 16.7 Å². The van der Waals surface area contributed by atoms with Gasteiger partial charge < -0.3 is 10.1 Å². The Balaban J connectivity index is 2.25. The molecule has 0 aliphatic heterocycles. The number of hydrogen-bond donors (Lipinski definition) is 1. The molecular weight excluding hydrogens is 244 g/mol. The lowest BCUT2D eigenvalue weighted by Gasteiger charge is -2.09. The third-order valence-electron chi connectivity index (χ3n) is 1.59. The molecule has 0 amide bonds. The molecule has 3 nitrogen and oxygen atoms in total. The summed E-state index contributed by atoms with van der Waals surface area (Å²) in [5.74, 6) is 0. The standard InChI is InChI=1S/C10H15BrN2O/c1-8(2)14-4-3-13-10-5-9(11)6-12-7-10/h5-8,13H,3-4H2,1-2H3. The van der Waals surface area contributed by atoms with Gasteiger partial charge in [-0.15, -0.1) is 0 Å². The van der Waals surface area contributed by atoms with E-state index in [1.165, 1.54) is 0 Å². The van der Waals surface area contributed by atoms with Crippen molar-refractivity contribution in [3.05, 3.63) is 22.9 Å². The lowest BCUT2D eigenvalue weighted by molar-refractivity contribution is 0.0870. The molecule has 0 fully saturated rings. The van der Waals surface area contributed by atoms with E-state index in [2.05, 4.69) is 26.2 Å². The molecule has 0 unspecified atom stereocenters. The van der Waals surface area contributed by atoms with Crippen LogP contribution in [0.2, 0.25) is 0 Å². The Hall–Kier alpha value is -0.610. The van der Waals surface area contributed by atoms with Crippen LogP contribution in [0.1, 0.15) is 13.8 Å². The van der Waals surface area contributed by atoms with Crippen molar-refractivity contribution in [2.45, 2.75) is 20.0 Å². The fourth-order valence-corrected chi connectivity index (χ4v) is 1.36. The zero-order valence-electron chi connectivity index (χ0n) is 8.46. The number of ether oxygens (including phenoxy) is 1. The fourth-order valence-electron chi connectivity index (χ4n) is 0.999. The second kappa shape index (κ2) is 5.98. The van der Waals surface area contributed by atoms with Gasteiger partial charge in [0, 0.05) is 17.2 Å². The Bertz CT molecular complexity index is 279. The normalized spacial score (nSPS) is 10.6. The quantitative estimate of drug-likeness (QED) is 0.825. The van der Waals surface area contributed by atoms with Crippen molar-refractivity contribution in [3.63, 3.8) is 0 Å². The van der Waals surface area contributed by atoms with Crippen molar-refractivity contribution >= 4 is 21.6 Å². The lowest BCUT2D eigenvalue weighted by Crippen LogP contribution is -2.13. The van der Waals surface area contributed by atoms with Gasteiger partial charge in [-0.25, -0.2) is 0 Å². The van der Waals surface area contributed by atoms with Crippen molar-refractivity contribution < 1.29 is 4.74 Å². The van der Waals surface area contributed by atoms with E-state index in [0.29, 0.717) is 6.61 Å². The van der Waals surface area contributed by atoms with Crippen LogP contribution in [0, 0.1) is 0 Å². The molecule has 4 heteroatoms. The molecule has 0 saturated carbocycles. The van der Waals surface area contributed by atoms with E-state index in [1.807, 2.05) is 19.9 Å². The van der Waals surface area contributed by atoms with Crippen LogP contribution in [0.5, 0.6) is 0 Å². The van der Waals surface area contributed by atoms with Crippen LogP contribution in [0.3, 0.4) is 0 Å². The second-order valence-corrected chi connectivity index (χ2v) is 4.15. The molecule has 0 aliphatic rings. The predicted octanol–water partition coefficient (Wildman–Crippen LogP) is 2.68. The Morgan fingerprint density at radius 2 is 2.29 bits per heavy atom. The summed E-state index contributed by atoms with van der Waals surface area (Å²) in [4.78, 5) is 4.05. The van der Waals surface area contributed by atoms with Crippen LogP contribution in [0.25, 0.3) is 0 Å². The zero-order valence-corrected chi connectivity index (χ0v) is 10.0. The average molecular weight is 259 g/mol. The molecule has 1 N–H and O–H groups in total. The molecule has 0 radical (unpaired) electrons. The van der Waals surface area contributed by atoms with Crippen LogP contribution in [-0.2, 0) is 4.74 Å². The Kier molecular flexibility index (Phi) is 4.90. The minimum atomic E-state index is 0.289. The van der Waals surface area contributed by atoms with Gasteiger partial charge in [-0.1, -0.05) is 0 Å². The summed E-state index contributed by atoms with van der Waals surface area (Å²) in [6, 6.07) is 1.99. The van der Waals surface area contributed by atoms with Crippen molar-refractivity contribution in [2.75, 3.05) is 18.5 Å². The summed E-state index contributed by atoms with van der Waals surface area (Å²) >= 11 is 3.36. The van der Waals surface area contributed by atoms with E-state index in [4.69, 9.17) is 4.74 Å². The molecule has 0 atom stereocenters. The van der Waals surface area contributed by atoms with E-state index >= 15 is 0 Å². The predicted molar refractivity (Wildman–Crippen MR) is 61.5 cm³/mol. The van der Waals surface area contributed by atoms with Crippen LogP contribution >= 0.6 is 15.9 Å². The molecule has 14 heavy (non-hydrogen) atoms. The van der Waals surface area contributed by atoms with E-state index in [1.54, 1.807) is 12.4 Å². The minimum Gasteiger partial charge on any atom is -0.381 e. The van der Waals surface area contributed by atoms with E-state index in [9.17, 15) is 0 Å². The largest absolute Gasteiger partial charge is 0.381 e. The highest BCUT2D eigenvalue weighted by atomic mass is 79.9. The van der Waals surface area contributed by atoms with Gasteiger partial charge >= 0.3 is 0 Å². The molecule has 1 rings (SSSR count). The zero-order chi connectivity index (χ0) is 10.4. The van der Waals surface area contributed by atoms with E-state index in [-0.39, 0.29) is 6.10 Å². The van der Waals surface area contributed by atoms with Gasteiger partial charge in [0.2, 0.25) is 0 Å². The highest BCUT2D eigenvalue weighted by Crippen LogP contribution is 2.12. The van der Waals surface area contributed by atoms with Crippen molar-refractivity contribution in [3.8, 4) is 0 Å². The number of nitrogens with zero attached hydrogens (tertiary/aromatic N) is 1. The molecule has 0 saturated heterocycles. The van der Waals surface area contributed by atoms with E-state index < -0.39 is 0 Å². The van der Waals surface area contributed by atoms with Gasteiger partial charge in [0.25, 0.3) is 0 Å². The third-order valence-corrected chi connectivity index (χ3v) is 2.02. The van der Waals surface area contributed by atoms with Crippen molar-refractivity contribution in [1.29, 1.82) is 0 Å². The number of nitrogens with one attached hydrogen (secondary N) is 1. The molecule has 1 aromatic heterocycles. The van der Waals surface area contributed by atoms with Gasteiger partial charge in [0.1, 0.15) is 0 Å². The summed E-state index contributed by atoms with van der Waals surface area (Å²) < 4.78 is 6.38. The first-order valence-corrected chi connectivity index (χ1v) is 5.44. The maximum atomic E-state index is 5.40. The number of rotatable bonds is 5. The molecule has 0 aromatic carbocycles. The van der Waals surface area contributed by atoms with Crippen LogP contribution < -0.4 is 5.32 Å². The smallest absolute Gasteiger partial charge is 0.0642 e. The molecule has 0 aliphatic carbocycles. The maximum Gasteiger partial charge on any atom is 0.0642 e. The number of anilines is 1. The maximum absolute atomic E-state index is 5.40. The number of aromatic nitrogens is 1. The minimum absolute atomic E-state index is 0.289. The summed E-state index contributed by atoms with van der Waals surface area (Å²) in [5.41, 5.74) is 1.01. The van der Waals surface area contributed by atoms with Gasteiger partial charge in [-0.05, 0) is 35.8 Å². The van der Waals surface area contributed by atoms with Crippen LogP contribution in [0.4, 0.5) is 5.69 Å². The number of halogens is 1.